The maximum absolute atomic E-state index is 6.17. The molecule has 0 N–H and O–H groups in total. The Bertz CT molecular complexity index is 662. The van der Waals surface area contributed by atoms with Crippen molar-refractivity contribution in [3.8, 4) is 11.5 Å². The van der Waals surface area contributed by atoms with Crippen molar-refractivity contribution in [3.05, 3.63) is 59.7 Å². The van der Waals surface area contributed by atoms with Gasteiger partial charge in [-0.05, 0) is 73.9 Å². The zero-order valence-corrected chi connectivity index (χ0v) is 15.5. The molecule has 1 saturated carbocycles. The minimum Gasteiger partial charge on any atom is -0.497 e. The number of ether oxygens (including phenoxy) is 2. The van der Waals surface area contributed by atoms with Gasteiger partial charge in [0.2, 0.25) is 0 Å². The number of rotatable bonds is 4. The van der Waals surface area contributed by atoms with Gasteiger partial charge in [0, 0.05) is 0 Å². The summed E-state index contributed by atoms with van der Waals surface area (Å²) < 4.78 is 10.6. The fourth-order valence-electron chi connectivity index (χ4n) is 4.26. The molecular weight excluding hydrogens is 328 g/mol. The molecule has 0 spiro atoms. The van der Waals surface area contributed by atoms with Gasteiger partial charge in [-0.2, -0.15) is 0 Å². The van der Waals surface area contributed by atoms with Crippen LogP contribution in [0.5, 0.6) is 11.5 Å². The van der Waals surface area contributed by atoms with Crippen LogP contribution in [0.25, 0.3) is 0 Å². The lowest BCUT2D eigenvalue weighted by Gasteiger charge is -2.47. The van der Waals surface area contributed by atoms with Crippen LogP contribution in [0.3, 0.4) is 0 Å². The van der Waals surface area contributed by atoms with E-state index >= 15 is 0 Å². The van der Waals surface area contributed by atoms with Gasteiger partial charge in [0.25, 0.3) is 0 Å². The van der Waals surface area contributed by atoms with E-state index in [-0.39, 0.29) is 11.2 Å². The summed E-state index contributed by atoms with van der Waals surface area (Å²) in [7, 11) is 3.37. The first-order chi connectivity index (χ1) is 12.7. The molecule has 3 aliphatic rings. The van der Waals surface area contributed by atoms with E-state index in [0.717, 1.165) is 50.0 Å². The summed E-state index contributed by atoms with van der Waals surface area (Å²) >= 11 is 0. The van der Waals surface area contributed by atoms with Crippen LogP contribution in [0.4, 0.5) is 0 Å². The van der Waals surface area contributed by atoms with Crippen LogP contribution in [-0.2, 0) is 21.0 Å². The maximum atomic E-state index is 6.17. The molecule has 0 aromatic heterocycles. The zero-order valence-electron chi connectivity index (χ0n) is 15.5. The SMILES string of the molecule is COc1ccc([C@@]23CCCC[C@@](c4ccc(OC)cc4)(CC2)OO3)cc1. The van der Waals surface area contributed by atoms with Gasteiger partial charge >= 0.3 is 0 Å². The Balaban J connectivity index is 1.61. The van der Waals surface area contributed by atoms with Crippen molar-refractivity contribution in [2.75, 3.05) is 14.2 Å². The Kier molecular flexibility index (Phi) is 4.63. The van der Waals surface area contributed by atoms with E-state index in [4.69, 9.17) is 19.2 Å². The van der Waals surface area contributed by atoms with Crippen molar-refractivity contribution in [3.63, 3.8) is 0 Å². The number of methoxy groups -OCH3 is 2. The predicted molar refractivity (Wildman–Crippen MR) is 99.2 cm³/mol. The van der Waals surface area contributed by atoms with Gasteiger partial charge in [-0.15, -0.1) is 0 Å². The molecule has 1 aliphatic carbocycles. The Morgan fingerprint density at radius 2 is 1.00 bits per heavy atom. The summed E-state index contributed by atoms with van der Waals surface area (Å²) in [5.41, 5.74) is 1.62. The third-order valence-electron chi connectivity index (χ3n) is 5.94. The van der Waals surface area contributed by atoms with Gasteiger partial charge in [0.05, 0.1) is 14.2 Å². The van der Waals surface area contributed by atoms with E-state index < -0.39 is 0 Å². The summed E-state index contributed by atoms with van der Waals surface area (Å²) in [5.74, 6) is 1.72. The van der Waals surface area contributed by atoms with Gasteiger partial charge in [0.15, 0.2) is 0 Å². The fraction of sp³-hybridized carbons (Fsp3) is 0.455. The van der Waals surface area contributed by atoms with Crippen molar-refractivity contribution in [1.82, 2.24) is 0 Å². The molecular formula is C22H26O4. The van der Waals surface area contributed by atoms with E-state index in [2.05, 4.69) is 24.3 Å². The second-order valence-corrected chi connectivity index (χ2v) is 7.32. The Hall–Kier alpha value is -2.04. The summed E-state index contributed by atoms with van der Waals surface area (Å²) in [6.07, 6.45) is 6.13. The van der Waals surface area contributed by atoms with Crippen LogP contribution in [0, 0.1) is 0 Å². The van der Waals surface area contributed by atoms with Crippen LogP contribution in [0.1, 0.15) is 49.7 Å². The highest BCUT2D eigenvalue weighted by molar-refractivity contribution is 5.34. The van der Waals surface area contributed by atoms with Crippen LogP contribution in [0.2, 0.25) is 0 Å². The lowest BCUT2D eigenvalue weighted by Crippen LogP contribution is -2.45. The molecule has 26 heavy (non-hydrogen) atoms. The van der Waals surface area contributed by atoms with Gasteiger partial charge in [0.1, 0.15) is 22.7 Å². The molecule has 138 valence electrons. The molecule has 0 radical (unpaired) electrons. The van der Waals surface area contributed by atoms with Crippen molar-refractivity contribution in [1.29, 1.82) is 0 Å². The largest absolute Gasteiger partial charge is 0.497 e. The van der Waals surface area contributed by atoms with E-state index in [1.54, 1.807) is 14.2 Å². The highest BCUT2D eigenvalue weighted by Crippen LogP contribution is 2.51. The lowest BCUT2D eigenvalue weighted by molar-refractivity contribution is -0.458. The smallest absolute Gasteiger partial charge is 0.129 e. The molecule has 2 heterocycles. The number of hydrogen-bond donors (Lipinski definition) is 0. The van der Waals surface area contributed by atoms with E-state index in [1.165, 1.54) is 11.1 Å². The number of hydrogen-bond acceptors (Lipinski definition) is 4. The summed E-state index contributed by atoms with van der Waals surface area (Å²) in [5, 5.41) is 0. The van der Waals surface area contributed by atoms with Crippen molar-refractivity contribution in [2.24, 2.45) is 0 Å². The Morgan fingerprint density at radius 1 is 0.615 bits per heavy atom. The summed E-state index contributed by atoms with van der Waals surface area (Å²) in [6, 6.07) is 16.4. The highest BCUT2D eigenvalue weighted by Gasteiger charge is 2.48. The molecule has 2 bridgehead atoms. The second kappa shape index (κ2) is 6.93. The van der Waals surface area contributed by atoms with Gasteiger partial charge in [-0.25, -0.2) is 9.78 Å². The van der Waals surface area contributed by atoms with E-state index in [1.807, 2.05) is 24.3 Å². The van der Waals surface area contributed by atoms with E-state index in [9.17, 15) is 0 Å². The number of fused-ring (bicyclic) bond motifs is 5. The first kappa shape index (κ1) is 17.4. The first-order valence-corrected chi connectivity index (χ1v) is 9.36. The van der Waals surface area contributed by atoms with E-state index in [0.29, 0.717) is 0 Å². The van der Waals surface area contributed by atoms with Crippen molar-refractivity contribution in [2.45, 2.75) is 49.7 Å². The molecule has 2 aromatic carbocycles. The molecule has 0 unspecified atom stereocenters. The molecule has 3 fully saturated rings. The Morgan fingerprint density at radius 3 is 1.31 bits per heavy atom. The second-order valence-electron chi connectivity index (χ2n) is 7.32. The normalized spacial score (nSPS) is 28.2. The quantitative estimate of drug-likeness (QED) is 0.715. The minimum atomic E-state index is -0.358. The summed E-state index contributed by atoms with van der Waals surface area (Å²) in [6.45, 7) is 0. The third kappa shape index (κ3) is 2.97. The fourth-order valence-corrected chi connectivity index (χ4v) is 4.26. The van der Waals surface area contributed by atoms with Crippen molar-refractivity contribution < 1.29 is 19.2 Å². The van der Waals surface area contributed by atoms with Gasteiger partial charge in [-0.1, -0.05) is 24.3 Å². The number of benzene rings is 2. The lowest BCUT2D eigenvalue weighted by atomic mass is 9.73. The van der Waals surface area contributed by atoms with Crippen LogP contribution < -0.4 is 9.47 Å². The summed E-state index contributed by atoms with van der Waals surface area (Å²) in [4.78, 5) is 12.3. The monoisotopic (exact) mass is 354 g/mol. The molecule has 5 rings (SSSR count). The van der Waals surface area contributed by atoms with Crippen LogP contribution in [-0.4, -0.2) is 14.2 Å². The molecule has 2 aromatic rings. The standard InChI is InChI=1S/C22H26O4/c1-23-19-9-5-17(6-10-19)21-13-3-4-14-22(16-15-21,26-25-21)18-7-11-20(24-2)12-8-18/h5-12H,3-4,13-16H2,1-2H3/t21-,22+. The average Bonchev–Trinajstić information content (AvgIpc) is 2.69. The van der Waals surface area contributed by atoms with Crippen LogP contribution >= 0.6 is 0 Å². The molecule has 4 nitrogen and oxygen atoms in total. The third-order valence-corrected chi connectivity index (χ3v) is 5.94. The molecule has 0 amide bonds. The molecule has 2 saturated heterocycles. The van der Waals surface area contributed by atoms with Gasteiger partial charge in [-0.3, -0.25) is 0 Å². The van der Waals surface area contributed by atoms with Crippen molar-refractivity contribution >= 4 is 0 Å². The average molecular weight is 354 g/mol. The Labute approximate surface area is 155 Å². The first-order valence-electron chi connectivity index (χ1n) is 9.36. The van der Waals surface area contributed by atoms with Gasteiger partial charge < -0.3 is 9.47 Å². The maximum Gasteiger partial charge on any atom is 0.129 e. The molecule has 4 heteroatoms. The predicted octanol–water partition coefficient (Wildman–Crippen LogP) is 5.11. The molecule has 2 aliphatic heterocycles. The minimum absolute atomic E-state index is 0.358. The zero-order chi connectivity index (χ0) is 18.0. The molecule has 2 atom stereocenters. The highest BCUT2D eigenvalue weighted by atomic mass is 17.2. The topological polar surface area (TPSA) is 36.9 Å². The van der Waals surface area contributed by atoms with Crippen LogP contribution in [0.15, 0.2) is 48.5 Å².